The zero-order valence-corrected chi connectivity index (χ0v) is 17.3. The largest absolute Gasteiger partial charge is 0.495 e. The molecule has 0 saturated carbocycles. The number of hydrogen-bond donors (Lipinski definition) is 3. The quantitative estimate of drug-likeness (QED) is 0.431. The van der Waals surface area contributed by atoms with Gasteiger partial charge >= 0.3 is 0 Å². The highest BCUT2D eigenvalue weighted by atomic mass is 32.1. The first-order chi connectivity index (χ1) is 14.5. The van der Waals surface area contributed by atoms with E-state index >= 15 is 0 Å². The van der Waals surface area contributed by atoms with Crippen molar-refractivity contribution in [2.24, 2.45) is 0 Å². The van der Waals surface area contributed by atoms with Gasteiger partial charge in [-0.15, -0.1) is 11.3 Å². The fraction of sp³-hybridized carbons (Fsp3) is 0.136. The van der Waals surface area contributed by atoms with Gasteiger partial charge in [-0.05, 0) is 30.7 Å². The van der Waals surface area contributed by atoms with E-state index < -0.39 is 0 Å². The van der Waals surface area contributed by atoms with Crippen molar-refractivity contribution in [3.8, 4) is 5.75 Å². The molecule has 0 spiro atoms. The molecule has 7 nitrogen and oxygen atoms in total. The SMILES string of the molecule is COc1ccccc1NC(=O)c1cc2c(NC(=O)Cc3ccc(C)cc3)[nH]nc2s1. The summed E-state index contributed by atoms with van der Waals surface area (Å²) in [5.74, 6) is 0.640. The monoisotopic (exact) mass is 420 g/mol. The van der Waals surface area contributed by atoms with E-state index in [2.05, 4.69) is 20.8 Å². The molecule has 0 aliphatic carbocycles. The number of ether oxygens (including phenoxy) is 1. The summed E-state index contributed by atoms with van der Waals surface area (Å²) in [6.07, 6.45) is 0.256. The van der Waals surface area contributed by atoms with Gasteiger partial charge in [0.25, 0.3) is 5.91 Å². The number of para-hydroxylation sites is 2. The Labute approximate surface area is 177 Å². The Balaban J connectivity index is 1.48. The van der Waals surface area contributed by atoms with Gasteiger partial charge in [0.2, 0.25) is 5.91 Å². The molecular formula is C22H20N4O3S. The number of nitrogens with one attached hydrogen (secondary N) is 3. The Morgan fingerprint density at radius 3 is 2.63 bits per heavy atom. The van der Waals surface area contributed by atoms with Crippen LogP contribution in [0.15, 0.2) is 54.6 Å². The van der Waals surface area contributed by atoms with Gasteiger partial charge in [0.1, 0.15) is 16.4 Å². The van der Waals surface area contributed by atoms with Crippen LogP contribution >= 0.6 is 11.3 Å². The predicted octanol–water partition coefficient (Wildman–Crippen LogP) is 4.37. The molecule has 0 aliphatic rings. The smallest absolute Gasteiger partial charge is 0.265 e. The maximum Gasteiger partial charge on any atom is 0.265 e. The van der Waals surface area contributed by atoms with Crippen molar-refractivity contribution in [2.75, 3.05) is 17.7 Å². The van der Waals surface area contributed by atoms with Crippen molar-refractivity contribution >= 4 is 44.9 Å². The number of hydrogen-bond acceptors (Lipinski definition) is 5. The van der Waals surface area contributed by atoms with Crippen molar-refractivity contribution in [3.63, 3.8) is 0 Å². The summed E-state index contributed by atoms with van der Waals surface area (Å²) in [5.41, 5.74) is 2.66. The molecule has 0 bridgehead atoms. The van der Waals surface area contributed by atoms with Crippen LogP contribution in [0.5, 0.6) is 5.75 Å². The minimum absolute atomic E-state index is 0.157. The first-order valence-corrected chi connectivity index (χ1v) is 10.1. The molecule has 4 rings (SSSR count). The van der Waals surface area contributed by atoms with Crippen molar-refractivity contribution in [2.45, 2.75) is 13.3 Å². The molecule has 30 heavy (non-hydrogen) atoms. The van der Waals surface area contributed by atoms with Gasteiger partial charge in [-0.25, -0.2) is 0 Å². The highest BCUT2D eigenvalue weighted by Crippen LogP contribution is 2.31. The predicted molar refractivity (Wildman–Crippen MR) is 118 cm³/mol. The Hall–Kier alpha value is -3.65. The molecular weight excluding hydrogens is 400 g/mol. The van der Waals surface area contributed by atoms with Crippen LogP contribution in [-0.2, 0) is 11.2 Å². The lowest BCUT2D eigenvalue weighted by atomic mass is 10.1. The maximum absolute atomic E-state index is 12.7. The lowest BCUT2D eigenvalue weighted by Gasteiger charge is -2.08. The van der Waals surface area contributed by atoms with Crippen molar-refractivity contribution in [1.82, 2.24) is 10.2 Å². The number of methoxy groups -OCH3 is 1. The van der Waals surface area contributed by atoms with E-state index in [0.29, 0.717) is 32.3 Å². The number of aromatic nitrogens is 2. The van der Waals surface area contributed by atoms with Crippen LogP contribution in [0.4, 0.5) is 11.5 Å². The summed E-state index contributed by atoms with van der Waals surface area (Å²) in [7, 11) is 1.55. The molecule has 8 heteroatoms. The van der Waals surface area contributed by atoms with Crippen molar-refractivity contribution in [1.29, 1.82) is 0 Å². The second kappa shape index (κ2) is 8.38. The third-order valence-corrected chi connectivity index (χ3v) is 5.61. The number of benzene rings is 2. The first kappa shape index (κ1) is 19.7. The zero-order chi connectivity index (χ0) is 21.1. The van der Waals surface area contributed by atoms with Crippen LogP contribution in [0.1, 0.15) is 20.8 Å². The molecule has 0 atom stereocenters. The molecule has 2 amide bonds. The lowest BCUT2D eigenvalue weighted by Crippen LogP contribution is -2.15. The minimum atomic E-state index is -0.264. The number of nitrogens with zero attached hydrogens (tertiary/aromatic N) is 1. The molecule has 0 radical (unpaired) electrons. The topological polar surface area (TPSA) is 96.1 Å². The van der Waals surface area contributed by atoms with E-state index in [1.54, 1.807) is 25.3 Å². The van der Waals surface area contributed by atoms with E-state index in [1.165, 1.54) is 11.3 Å². The van der Waals surface area contributed by atoms with Gasteiger partial charge in [-0.2, -0.15) is 5.10 Å². The summed E-state index contributed by atoms with van der Waals surface area (Å²) in [5, 5.41) is 13.4. The third-order valence-electron chi connectivity index (χ3n) is 4.58. The van der Waals surface area contributed by atoms with Crippen LogP contribution in [0.25, 0.3) is 10.2 Å². The number of aryl methyl sites for hydroxylation is 1. The van der Waals surface area contributed by atoms with Crippen molar-refractivity contribution in [3.05, 3.63) is 70.6 Å². The van der Waals surface area contributed by atoms with Crippen molar-refractivity contribution < 1.29 is 14.3 Å². The Morgan fingerprint density at radius 2 is 1.87 bits per heavy atom. The number of anilines is 2. The Morgan fingerprint density at radius 1 is 1.10 bits per heavy atom. The molecule has 2 aromatic heterocycles. The van der Waals surface area contributed by atoms with Crippen LogP contribution in [-0.4, -0.2) is 29.1 Å². The molecule has 0 fully saturated rings. The number of thiophene rings is 1. The summed E-state index contributed by atoms with van der Waals surface area (Å²) in [6.45, 7) is 2.00. The highest BCUT2D eigenvalue weighted by molar-refractivity contribution is 7.20. The zero-order valence-electron chi connectivity index (χ0n) is 16.5. The van der Waals surface area contributed by atoms with E-state index in [9.17, 15) is 9.59 Å². The van der Waals surface area contributed by atoms with Gasteiger partial charge in [-0.3, -0.25) is 14.7 Å². The lowest BCUT2D eigenvalue weighted by molar-refractivity contribution is -0.115. The number of carbonyl (C=O) groups is 2. The van der Waals surface area contributed by atoms with Gasteiger partial charge in [0, 0.05) is 0 Å². The van der Waals surface area contributed by atoms with Gasteiger partial charge in [0.15, 0.2) is 0 Å². The molecule has 2 aromatic carbocycles. The second-order valence-electron chi connectivity index (χ2n) is 6.79. The Kier molecular flexibility index (Phi) is 5.49. The molecule has 3 N–H and O–H groups in total. The second-order valence-corrected chi connectivity index (χ2v) is 7.82. The summed E-state index contributed by atoms with van der Waals surface area (Å²) < 4.78 is 5.27. The third kappa shape index (κ3) is 4.18. The normalized spacial score (nSPS) is 10.7. The number of carbonyl (C=O) groups excluding carboxylic acids is 2. The van der Waals surface area contributed by atoms with Crippen LogP contribution < -0.4 is 15.4 Å². The fourth-order valence-electron chi connectivity index (χ4n) is 3.02. The van der Waals surface area contributed by atoms with E-state index in [1.807, 2.05) is 43.3 Å². The maximum atomic E-state index is 12.7. The van der Waals surface area contributed by atoms with E-state index in [4.69, 9.17) is 4.74 Å². The number of H-pyrrole nitrogens is 1. The minimum Gasteiger partial charge on any atom is -0.495 e. The molecule has 0 aliphatic heterocycles. The molecule has 0 saturated heterocycles. The number of aromatic amines is 1. The summed E-state index contributed by atoms with van der Waals surface area (Å²) in [4.78, 5) is 26.2. The van der Waals surface area contributed by atoms with Gasteiger partial charge in [-0.1, -0.05) is 42.0 Å². The number of rotatable bonds is 6. The van der Waals surface area contributed by atoms with Crippen LogP contribution in [0.2, 0.25) is 0 Å². The molecule has 152 valence electrons. The molecule has 4 aromatic rings. The summed E-state index contributed by atoms with van der Waals surface area (Å²) in [6, 6.07) is 16.7. The standard InChI is InChI=1S/C22H20N4O3S/c1-13-7-9-14(10-8-13)11-19(27)24-20-15-12-18(30-22(15)26-25-20)21(28)23-16-5-3-4-6-17(16)29-2/h3-10,12H,11H2,1-2H3,(H,23,28)(H2,24,25,26,27). The van der Waals surface area contributed by atoms with Gasteiger partial charge < -0.3 is 15.4 Å². The van der Waals surface area contributed by atoms with Crippen LogP contribution in [0, 0.1) is 6.92 Å². The first-order valence-electron chi connectivity index (χ1n) is 9.31. The van der Waals surface area contributed by atoms with Crippen LogP contribution in [0.3, 0.4) is 0 Å². The fourth-order valence-corrected chi connectivity index (χ4v) is 3.92. The highest BCUT2D eigenvalue weighted by Gasteiger charge is 2.17. The summed E-state index contributed by atoms with van der Waals surface area (Å²) >= 11 is 1.25. The molecule has 2 heterocycles. The number of amides is 2. The average molecular weight is 420 g/mol. The Bertz CT molecular complexity index is 1210. The average Bonchev–Trinajstić information content (AvgIpc) is 3.32. The van der Waals surface area contributed by atoms with Gasteiger partial charge in [0.05, 0.1) is 29.5 Å². The van der Waals surface area contributed by atoms with E-state index in [0.717, 1.165) is 11.1 Å². The van der Waals surface area contributed by atoms with E-state index in [-0.39, 0.29) is 18.2 Å². The number of fused-ring (bicyclic) bond motifs is 1. The molecule has 0 unspecified atom stereocenters.